The Hall–Kier alpha value is -3.18. The van der Waals surface area contributed by atoms with Crippen molar-refractivity contribution < 1.29 is 74.6 Å². The molecule has 0 amide bonds. The maximum absolute atomic E-state index is 10.2. The number of carboxylic acids is 3. The Balaban J connectivity index is 0. The van der Waals surface area contributed by atoms with Crippen LogP contribution in [0.25, 0.3) is 0 Å². The first kappa shape index (κ1) is 31.0. The number of carbonyl (C=O) groups is 3. The Kier molecular flexibility index (Phi) is 15.1. The van der Waals surface area contributed by atoms with Crippen molar-refractivity contribution in [2.45, 2.75) is 0 Å². The molecule has 0 aliphatic heterocycles. The number of benzene rings is 3. The fraction of sp³-hybridized carbons (Fsp3) is 0. The summed E-state index contributed by atoms with van der Waals surface area (Å²) in [5.41, 5.74) is -0.535. The van der Waals surface area contributed by atoms with Gasteiger partial charge in [0.05, 0.1) is 17.9 Å². The molecular formula is C21H15NaO9S. The van der Waals surface area contributed by atoms with Gasteiger partial charge in [-0.15, -0.1) is 0 Å². The number of hydrogen-bond acceptors (Lipinski definition) is 9. The number of aromatic carboxylic acids is 3. The quantitative estimate of drug-likeness (QED) is 0.327. The second-order valence-electron chi connectivity index (χ2n) is 5.41. The van der Waals surface area contributed by atoms with Gasteiger partial charge in [0.15, 0.2) is 0 Å². The van der Waals surface area contributed by atoms with Crippen molar-refractivity contribution in [3.8, 4) is 17.2 Å². The number of rotatable bonds is 3. The molecule has 0 aliphatic rings. The molecule has 32 heavy (non-hydrogen) atoms. The van der Waals surface area contributed by atoms with E-state index < -0.39 is 17.9 Å². The topological polar surface area (TPSA) is 181 Å². The van der Waals surface area contributed by atoms with Crippen LogP contribution in [0.4, 0.5) is 0 Å². The van der Waals surface area contributed by atoms with Crippen LogP contribution in [-0.2, 0) is 13.5 Å². The van der Waals surface area contributed by atoms with Gasteiger partial charge >= 0.3 is 43.1 Å². The van der Waals surface area contributed by atoms with Crippen molar-refractivity contribution in [2.24, 2.45) is 0 Å². The van der Waals surface area contributed by atoms with Gasteiger partial charge in [-0.25, -0.2) is 0 Å². The molecule has 0 spiro atoms. The number of carboxylic acid groups (broad SMARTS) is 3. The van der Waals surface area contributed by atoms with Gasteiger partial charge in [-0.3, -0.25) is 0 Å². The van der Waals surface area contributed by atoms with Crippen molar-refractivity contribution in [1.82, 2.24) is 0 Å². The molecule has 0 saturated heterocycles. The van der Waals surface area contributed by atoms with Crippen LogP contribution >= 0.6 is 0 Å². The monoisotopic (exact) mass is 466 g/mol. The molecule has 3 aromatic carbocycles. The fourth-order valence-electron chi connectivity index (χ4n) is 1.94. The van der Waals surface area contributed by atoms with Crippen LogP contribution in [-0.4, -0.2) is 33.2 Å². The van der Waals surface area contributed by atoms with Crippen LogP contribution in [0, 0.1) is 0 Å². The minimum Gasteiger partial charge on any atom is -0.545 e. The predicted molar refractivity (Wildman–Crippen MR) is 105 cm³/mol. The van der Waals surface area contributed by atoms with E-state index in [1.165, 1.54) is 54.6 Å². The number of carbonyl (C=O) groups excluding carboxylic acids is 3. The largest absolute Gasteiger partial charge is 2.00 e. The van der Waals surface area contributed by atoms with Gasteiger partial charge in [0.2, 0.25) is 0 Å². The van der Waals surface area contributed by atoms with Crippen molar-refractivity contribution >= 4 is 31.4 Å². The van der Waals surface area contributed by atoms with E-state index >= 15 is 0 Å². The molecule has 0 fully saturated rings. The summed E-state index contributed by atoms with van der Waals surface area (Å²) in [6.07, 6.45) is 0. The van der Waals surface area contributed by atoms with E-state index in [2.05, 4.69) is 0 Å². The Morgan fingerprint density at radius 1 is 0.500 bits per heavy atom. The molecule has 3 rings (SSSR count). The first-order valence-corrected chi connectivity index (χ1v) is 8.13. The number of para-hydroxylation sites is 3. The van der Waals surface area contributed by atoms with Gasteiger partial charge in [-0.05, 0) is 36.4 Å². The van der Waals surface area contributed by atoms with E-state index in [4.69, 9.17) is 15.3 Å². The van der Waals surface area contributed by atoms with E-state index in [0.29, 0.717) is 0 Å². The van der Waals surface area contributed by atoms with Gasteiger partial charge in [-0.1, -0.05) is 36.4 Å². The summed E-state index contributed by atoms with van der Waals surface area (Å²) in [4.78, 5) is 30.5. The average Bonchev–Trinajstić information content (AvgIpc) is 2.69. The third-order valence-electron chi connectivity index (χ3n) is 3.37. The molecule has 3 aromatic rings. The second-order valence-corrected chi connectivity index (χ2v) is 5.41. The molecule has 9 nitrogen and oxygen atoms in total. The molecule has 0 aliphatic carbocycles. The molecule has 11 heteroatoms. The van der Waals surface area contributed by atoms with E-state index in [9.17, 15) is 29.7 Å². The maximum Gasteiger partial charge on any atom is 2.00 e. The molecule has 4 radical (unpaired) electrons. The van der Waals surface area contributed by atoms with Crippen LogP contribution in [0.3, 0.4) is 0 Å². The number of hydrogen-bond donors (Lipinski definition) is 3. The summed E-state index contributed by atoms with van der Waals surface area (Å²) in [5.74, 6) is -4.87. The van der Waals surface area contributed by atoms with Crippen LogP contribution < -0.4 is 44.9 Å². The zero-order valence-electron chi connectivity index (χ0n) is 16.6. The zero-order valence-corrected chi connectivity index (χ0v) is 19.4. The summed E-state index contributed by atoms with van der Waals surface area (Å²) in [6, 6.07) is 16.9. The summed E-state index contributed by atoms with van der Waals surface area (Å²) < 4.78 is 0. The SMILES string of the molecule is O=C([O-])c1ccccc1O.O=C([O-])c1ccccc1O.O=C([O-])c1ccccc1O.[Na+].[S+2]. The van der Waals surface area contributed by atoms with Gasteiger partial charge in [0.25, 0.3) is 0 Å². The molecule has 160 valence electrons. The van der Waals surface area contributed by atoms with E-state index in [1.54, 1.807) is 18.2 Å². The smallest absolute Gasteiger partial charge is 0.545 e. The van der Waals surface area contributed by atoms with Gasteiger partial charge in [0.1, 0.15) is 17.2 Å². The third kappa shape index (κ3) is 10.2. The Morgan fingerprint density at radius 2 is 0.688 bits per heavy atom. The second kappa shape index (κ2) is 15.6. The van der Waals surface area contributed by atoms with Crippen LogP contribution in [0.1, 0.15) is 31.1 Å². The summed E-state index contributed by atoms with van der Waals surface area (Å²) >= 11 is 0. The standard InChI is InChI=1S/3C7H6O3.Na.S/c3*8-6-4-2-1-3-5(6)7(9)10;;/h3*1-4,8H,(H,9,10);;/q;;;+1;+2/p-3. The van der Waals surface area contributed by atoms with Gasteiger partial charge in [0, 0.05) is 16.7 Å². The minimum atomic E-state index is -1.36. The summed E-state index contributed by atoms with van der Waals surface area (Å²) in [7, 11) is 0. The average molecular weight is 466 g/mol. The van der Waals surface area contributed by atoms with E-state index in [1.807, 2.05) is 0 Å². The summed E-state index contributed by atoms with van der Waals surface area (Å²) in [5, 5.41) is 57.0. The Bertz CT molecular complexity index is 909. The van der Waals surface area contributed by atoms with Crippen molar-refractivity contribution in [3.05, 3.63) is 89.5 Å². The van der Waals surface area contributed by atoms with E-state index in [-0.39, 0.29) is 77.0 Å². The molecule has 0 unspecified atom stereocenters. The Morgan fingerprint density at radius 3 is 0.812 bits per heavy atom. The molecule has 0 aromatic heterocycles. The van der Waals surface area contributed by atoms with E-state index in [0.717, 1.165) is 0 Å². The van der Waals surface area contributed by atoms with Gasteiger partial charge in [-0.2, -0.15) is 0 Å². The molecular weight excluding hydrogens is 451 g/mol. The molecule has 0 saturated carbocycles. The van der Waals surface area contributed by atoms with Crippen molar-refractivity contribution in [3.63, 3.8) is 0 Å². The van der Waals surface area contributed by atoms with Crippen LogP contribution in [0.15, 0.2) is 72.8 Å². The summed E-state index contributed by atoms with van der Waals surface area (Å²) in [6.45, 7) is 0. The molecule has 0 atom stereocenters. The number of aromatic hydroxyl groups is 3. The fourth-order valence-corrected chi connectivity index (χ4v) is 1.94. The van der Waals surface area contributed by atoms with Crippen molar-refractivity contribution in [1.29, 1.82) is 0 Å². The first-order valence-electron chi connectivity index (χ1n) is 8.13. The normalized spacial score (nSPS) is 8.62. The van der Waals surface area contributed by atoms with Gasteiger partial charge < -0.3 is 45.0 Å². The molecule has 0 bridgehead atoms. The van der Waals surface area contributed by atoms with Crippen LogP contribution in [0.5, 0.6) is 17.2 Å². The zero-order chi connectivity index (χ0) is 22.7. The first-order chi connectivity index (χ1) is 14.1. The Labute approximate surface area is 212 Å². The molecule has 3 N–H and O–H groups in total. The maximum atomic E-state index is 10.2. The van der Waals surface area contributed by atoms with Crippen LogP contribution in [0.2, 0.25) is 0 Å². The minimum absolute atomic E-state index is 0. The third-order valence-corrected chi connectivity index (χ3v) is 3.37. The number of phenols is 3. The van der Waals surface area contributed by atoms with Crippen molar-refractivity contribution in [2.75, 3.05) is 0 Å². The molecule has 0 heterocycles. The predicted octanol–water partition coefficient (Wildman–Crippen LogP) is -3.73.